The summed E-state index contributed by atoms with van der Waals surface area (Å²) in [6.45, 7) is 6.76. The maximum atomic E-state index is 2.29. The third-order valence-electron chi connectivity index (χ3n) is 4.22. The van der Waals surface area contributed by atoms with E-state index < -0.39 is 0 Å². The molecule has 1 heteroatoms. The predicted octanol–water partition coefficient (Wildman–Crippen LogP) is 5.91. The molecule has 0 atom stereocenters. The molecule has 0 N–H and O–H groups in total. The van der Waals surface area contributed by atoms with E-state index in [9.17, 15) is 0 Å². The van der Waals surface area contributed by atoms with Gasteiger partial charge in [-0.05, 0) is 46.0 Å². The Morgan fingerprint density at radius 2 is 1.36 bits per heavy atom. The lowest BCUT2D eigenvalue weighted by Gasteiger charge is -2.24. The number of hydrogen-bond donors (Lipinski definition) is 0. The molecule has 0 bridgehead atoms. The number of nitrogens with zero attached hydrogens (tertiary/aromatic N) is 1. The SMILES string of the molecule is CN(c1cccc(C(C)(C)C)c1)c1ccc2ccccc2c1. The lowest BCUT2D eigenvalue weighted by Crippen LogP contribution is -2.14. The molecule has 22 heavy (non-hydrogen) atoms. The molecule has 0 aliphatic carbocycles. The Bertz CT molecular complexity index is 796. The Labute approximate surface area is 133 Å². The van der Waals surface area contributed by atoms with Gasteiger partial charge >= 0.3 is 0 Å². The number of anilines is 2. The van der Waals surface area contributed by atoms with Crippen LogP contribution in [0.3, 0.4) is 0 Å². The highest BCUT2D eigenvalue weighted by molar-refractivity contribution is 5.86. The van der Waals surface area contributed by atoms with Crippen LogP contribution in [0.4, 0.5) is 11.4 Å². The van der Waals surface area contributed by atoms with E-state index in [-0.39, 0.29) is 5.41 Å². The van der Waals surface area contributed by atoms with Crippen molar-refractivity contribution in [3.63, 3.8) is 0 Å². The molecule has 0 saturated heterocycles. The van der Waals surface area contributed by atoms with Crippen molar-refractivity contribution in [1.82, 2.24) is 0 Å². The normalized spacial score (nSPS) is 11.6. The Hall–Kier alpha value is -2.28. The molecule has 0 saturated carbocycles. The van der Waals surface area contributed by atoms with Crippen molar-refractivity contribution in [2.45, 2.75) is 26.2 Å². The smallest absolute Gasteiger partial charge is 0.0414 e. The average molecular weight is 289 g/mol. The summed E-state index contributed by atoms with van der Waals surface area (Å²) in [6.07, 6.45) is 0. The van der Waals surface area contributed by atoms with Gasteiger partial charge in [0.2, 0.25) is 0 Å². The Morgan fingerprint density at radius 3 is 2.09 bits per heavy atom. The second-order valence-corrected chi connectivity index (χ2v) is 6.89. The van der Waals surface area contributed by atoms with E-state index in [1.165, 1.54) is 27.7 Å². The van der Waals surface area contributed by atoms with Gasteiger partial charge in [-0.3, -0.25) is 0 Å². The number of rotatable bonds is 2. The fraction of sp³-hybridized carbons (Fsp3) is 0.238. The van der Waals surface area contributed by atoms with E-state index in [1.54, 1.807) is 0 Å². The first-order chi connectivity index (χ1) is 10.4. The van der Waals surface area contributed by atoms with Gasteiger partial charge in [0.05, 0.1) is 0 Å². The van der Waals surface area contributed by atoms with Gasteiger partial charge in [-0.1, -0.05) is 63.2 Å². The highest BCUT2D eigenvalue weighted by Gasteiger charge is 2.15. The monoisotopic (exact) mass is 289 g/mol. The molecule has 0 fully saturated rings. The summed E-state index contributed by atoms with van der Waals surface area (Å²) in [5, 5.41) is 2.56. The van der Waals surface area contributed by atoms with Gasteiger partial charge in [-0.15, -0.1) is 0 Å². The third-order valence-corrected chi connectivity index (χ3v) is 4.22. The summed E-state index contributed by atoms with van der Waals surface area (Å²) in [6, 6.07) is 23.9. The molecule has 3 aromatic carbocycles. The minimum atomic E-state index is 0.167. The molecular formula is C21H23N. The van der Waals surface area contributed by atoms with Crippen LogP contribution in [-0.4, -0.2) is 7.05 Å². The van der Waals surface area contributed by atoms with Gasteiger partial charge in [-0.2, -0.15) is 0 Å². The number of hydrogen-bond acceptors (Lipinski definition) is 1. The zero-order valence-corrected chi connectivity index (χ0v) is 13.8. The second kappa shape index (κ2) is 5.49. The second-order valence-electron chi connectivity index (χ2n) is 6.89. The molecule has 0 aliphatic heterocycles. The highest BCUT2D eigenvalue weighted by atomic mass is 15.1. The van der Waals surface area contributed by atoms with Crippen molar-refractivity contribution in [2.75, 3.05) is 11.9 Å². The van der Waals surface area contributed by atoms with E-state index in [2.05, 4.69) is 99.4 Å². The van der Waals surface area contributed by atoms with Gasteiger partial charge in [0.25, 0.3) is 0 Å². The maximum absolute atomic E-state index is 2.29. The Balaban J connectivity index is 2.00. The van der Waals surface area contributed by atoms with Crippen LogP contribution in [0, 0.1) is 0 Å². The van der Waals surface area contributed by atoms with Crippen LogP contribution in [0.5, 0.6) is 0 Å². The summed E-state index contributed by atoms with van der Waals surface area (Å²) in [5.74, 6) is 0. The molecule has 3 rings (SSSR count). The largest absolute Gasteiger partial charge is 0.345 e. The standard InChI is InChI=1S/C21H23N/c1-21(2,3)18-10-7-11-19(15-18)22(4)20-13-12-16-8-5-6-9-17(16)14-20/h5-15H,1-4H3. The van der Waals surface area contributed by atoms with E-state index in [0.717, 1.165) is 0 Å². The maximum Gasteiger partial charge on any atom is 0.0414 e. The van der Waals surface area contributed by atoms with E-state index in [4.69, 9.17) is 0 Å². The van der Waals surface area contributed by atoms with Gasteiger partial charge in [0, 0.05) is 18.4 Å². The molecule has 112 valence electrons. The Kier molecular flexibility index (Phi) is 3.66. The Morgan fingerprint density at radius 1 is 0.682 bits per heavy atom. The first-order valence-corrected chi connectivity index (χ1v) is 7.78. The van der Waals surface area contributed by atoms with Crippen molar-refractivity contribution in [3.8, 4) is 0 Å². The van der Waals surface area contributed by atoms with Gasteiger partial charge in [-0.25, -0.2) is 0 Å². The van der Waals surface area contributed by atoms with Crippen LogP contribution in [0.2, 0.25) is 0 Å². The van der Waals surface area contributed by atoms with Gasteiger partial charge in [0.15, 0.2) is 0 Å². The average Bonchev–Trinajstić information content (AvgIpc) is 2.53. The summed E-state index contributed by atoms with van der Waals surface area (Å²) >= 11 is 0. The van der Waals surface area contributed by atoms with Crippen LogP contribution in [0.25, 0.3) is 10.8 Å². The fourth-order valence-corrected chi connectivity index (χ4v) is 2.72. The third kappa shape index (κ3) is 2.85. The molecule has 1 nitrogen and oxygen atoms in total. The van der Waals surface area contributed by atoms with E-state index >= 15 is 0 Å². The minimum Gasteiger partial charge on any atom is -0.345 e. The summed E-state index contributed by atoms with van der Waals surface area (Å²) in [7, 11) is 2.13. The van der Waals surface area contributed by atoms with Gasteiger partial charge < -0.3 is 4.90 Å². The highest BCUT2D eigenvalue weighted by Crippen LogP contribution is 2.30. The molecule has 0 aromatic heterocycles. The van der Waals surface area contributed by atoms with Crippen LogP contribution < -0.4 is 4.90 Å². The first kappa shape index (κ1) is 14.6. The van der Waals surface area contributed by atoms with E-state index in [1.807, 2.05) is 0 Å². The summed E-state index contributed by atoms with van der Waals surface area (Å²) in [4.78, 5) is 2.25. The van der Waals surface area contributed by atoms with Crippen LogP contribution >= 0.6 is 0 Å². The quantitative estimate of drug-likeness (QED) is 0.567. The minimum absolute atomic E-state index is 0.167. The fourth-order valence-electron chi connectivity index (χ4n) is 2.72. The zero-order chi connectivity index (χ0) is 15.7. The van der Waals surface area contributed by atoms with Crippen LogP contribution in [-0.2, 0) is 5.41 Å². The molecule has 3 aromatic rings. The van der Waals surface area contributed by atoms with Crippen LogP contribution in [0.15, 0.2) is 66.7 Å². The molecule has 0 aliphatic rings. The summed E-state index contributed by atoms with van der Waals surface area (Å²) < 4.78 is 0. The van der Waals surface area contributed by atoms with Gasteiger partial charge in [0.1, 0.15) is 0 Å². The van der Waals surface area contributed by atoms with Crippen LogP contribution in [0.1, 0.15) is 26.3 Å². The molecular weight excluding hydrogens is 266 g/mol. The number of benzene rings is 3. The molecule has 0 amide bonds. The molecule has 0 heterocycles. The van der Waals surface area contributed by atoms with Crippen molar-refractivity contribution in [3.05, 3.63) is 72.3 Å². The topological polar surface area (TPSA) is 3.24 Å². The zero-order valence-electron chi connectivity index (χ0n) is 13.8. The first-order valence-electron chi connectivity index (χ1n) is 7.78. The van der Waals surface area contributed by atoms with Crippen molar-refractivity contribution in [2.24, 2.45) is 0 Å². The summed E-state index contributed by atoms with van der Waals surface area (Å²) in [5.41, 5.74) is 3.96. The lowest BCUT2D eigenvalue weighted by atomic mass is 9.87. The molecule has 0 spiro atoms. The molecule has 0 radical (unpaired) electrons. The van der Waals surface area contributed by atoms with Crippen molar-refractivity contribution >= 4 is 22.1 Å². The predicted molar refractivity (Wildman–Crippen MR) is 97.2 cm³/mol. The van der Waals surface area contributed by atoms with Crippen molar-refractivity contribution < 1.29 is 0 Å². The molecule has 0 unspecified atom stereocenters. The van der Waals surface area contributed by atoms with Crippen molar-refractivity contribution in [1.29, 1.82) is 0 Å². The van der Waals surface area contributed by atoms with E-state index in [0.29, 0.717) is 0 Å². The lowest BCUT2D eigenvalue weighted by molar-refractivity contribution is 0.590. The number of fused-ring (bicyclic) bond motifs is 1.